The van der Waals surface area contributed by atoms with Crippen LogP contribution in [0, 0.1) is 0 Å². The number of ether oxygens (including phenoxy) is 2. The molecule has 2 fully saturated rings. The molecule has 0 unspecified atom stereocenters. The van der Waals surface area contributed by atoms with Crippen LogP contribution in [0.4, 0.5) is 11.6 Å². The highest BCUT2D eigenvalue weighted by atomic mass is 35.5. The SMILES string of the molecule is CCOC(=O)c1cn(-c2ccc(N3CC(N(C)C)C3)nc2)c2nc(N3CCC[C@]3(C)COc3ncccc3Cl)c(Cl)cc2c1=O. The van der Waals surface area contributed by atoms with E-state index in [9.17, 15) is 9.59 Å². The second-order valence-electron chi connectivity index (χ2n) is 11.9. The van der Waals surface area contributed by atoms with Crippen LogP contribution in [-0.4, -0.2) is 88.9 Å². The maximum atomic E-state index is 13.6. The van der Waals surface area contributed by atoms with Crippen LogP contribution >= 0.6 is 23.2 Å². The first-order chi connectivity index (χ1) is 21.6. The van der Waals surface area contributed by atoms with Gasteiger partial charge in [-0.25, -0.2) is 19.7 Å². The Balaban J connectivity index is 1.40. The Morgan fingerprint density at radius 2 is 1.96 bits per heavy atom. The van der Waals surface area contributed by atoms with Gasteiger partial charge in [-0.05, 0) is 71.1 Å². The minimum atomic E-state index is -0.712. The Hall–Kier alpha value is -3.93. The third-order valence-corrected chi connectivity index (χ3v) is 9.15. The lowest BCUT2D eigenvalue weighted by molar-refractivity contribution is 0.0524. The molecule has 45 heavy (non-hydrogen) atoms. The second kappa shape index (κ2) is 12.5. The van der Waals surface area contributed by atoms with Gasteiger partial charge in [-0.2, -0.15) is 0 Å². The van der Waals surface area contributed by atoms with Crippen LogP contribution in [0.1, 0.15) is 37.0 Å². The van der Waals surface area contributed by atoms with Gasteiger partial charge >= 0.3 is 5.97 Å². The van der Waals surface area contributed by atoms with Crippen molar-refractivity contribution < 1.29 is 14.3 Å². The van der Waals surface area contributed by atoms with Gasteiger partial charge in [0, 0.05) is 38.1 Å². The molecule has 2 aliphatic heterocycles. The number of fused-ring (bicyclic) bond motifs is 1. The minimum Gasteiger partial charge on any atom is -0.474 e. The molecule has 236 valence electrons. The Kier molecular flexibility index (Phi) is 8.60. The quantitative estimate of drug-likeness (QED) is 0.233. The van der Waals surface area contributed by atoms with Crippen LogP contribution in [0.2, 0.25) is 10.0 Å². The fourth-order valence-corrected chi connectivity index (χ4v) is 6.30. The van der Waals surface area contributed by atoms with E-state index in [0.29, 0.717) is 47.2 Å². The summed E-state index contributed by atoms with van der Waals surface area (Å²) < 4.78 is 13.0. The van der Waals surface area contributed by atoms with Crippen molar-refractivity contribution in [2.75, 3.05) is 56.7 Å². The second-order valence-corrected chi connectivity index (χ2v) is 12.7. The number of esters is 1. The van der Waals surface area contributed by atoms with Gasteiger partial charge in [0.15, 0.2) is 5.65 Å². The summed E-state index contributed by atoms with van der Waals surface area (Å²) in [4.78, 5) is 46.9. The summed E-state index contributed by atoms with van der Waals surface area (Å²) in [6.07, 6.45) is 6.53. The smallest absolute Gasteiger partial charge is 0.343 e. The van der Waals surface area contributed by atoms with E-state index in [0.717, 1.165) is 31.7 Å². The predicted molar refractivity (Wildman–Crippen MR) is 176 cm³/mol. The molecule has 13 heteroatoms. The summed E-state index contributed by atoms with van der Waals surface area (Å²) in [5.41, 5.74) is -0.106. The van der Waals surface area contributed by atoms with E-state index in [4.69, 9.17) is 42.6 Å². The van der Waals surface area contributed by atoms with Crippen molar-refractivity contribution >= 4 is 51.8 Å². The molecule has 2 aliphatic rings. The number of pyridine rings is 4. The number of halogens is 2. The Labute approximate surface area is 271 Å². The molecule has 4 aromatic rings. The molecule has 0 saturated carbocycles. The van der Waals surface area contributed by atoms with Gasteiger partial charge in [-0.15, -0.1) is 0 Å². The first-order valence-electron chi connectivity index (χ1n) is 14.9. The lowest BCUT2D eigenvalue weighted by Crippen LogP contribution is -2.57. The molecule has 6 heterocycles. The molecule has 0 amide bonds. The van der Waals surface area contributed by atoms with Crippen molar-refractivity contribution in [1.29, 1.82) is 0 Å². The molecule has 11 nitrogen and oxygen atoms in total. The van der Waals surface area contributed by atoms with Crippen LogP contribution in [0.15, 0.2) is 53.7 Å². The number of likely N-dealkylation sites (N-methyl/N-ethyl adjacent to an activating group) is 1. The number of hydrogen-bond acceptors (Lipinski definition) is 10. The topological polar surface area (TPSA) is 106 Å². The molecule has 1 atom stereocenters. The molecule has 0 N–H and O–H groups in total. The number of nitrogens with zero attached hydrogens (tertiary/aromatic N) is 7. The lowest BCUT2D eigenvalue weighted by Gasteiger charge is -2.43. The van der Waals surface area contributed by atoms with E-state index in [1.54, 1.807) is 42.1 Å². The van der Waals surface area contributed by atoms with Crippen LogP contribution < -0.4 is 20.0 Å². The third-order valence-electron chi connectivity index (χ3n) is 8.58. The zero-order chi connectivity index (χ0) is 31.9. The van der Waals surface area contributed by atoms with Crippen LogP contribution in [-0.2, 0) is 4.74 Å². The molecule has 0 bridgehead atoms. The maximum Gasteiger partial charge on any atom is 0.343 e. The van der Waals surface area contributed by atoms with E-state index in [-0.39, 0.29) is 22.6 Å². The highest BCUT2D eigenvalue weighted by Gasteiger charge is 2.40. The highest BCUT2D eigenvalue weighted by molar-refractivity contribution is 6.33. The van der Waals surface area contributed by atoms with Gasteiger partial charge in [0.2, 0.25) is 11.3 Å². The largest absolute Gasteiger partial charge is 0.474 e. The average molecular weight is 653 g/mol. The van der Waals surface area contributed by atoms with Crippen LogP contribution in [0.5, 0.6) is 5.88 Å². The fourth-order valence-electron chi connectivity index (χ4n) is 5.87. The first kappa shape index (κ1) is 31.1. The summed E-state index contributed by atoms with van der Waals surface area (Å²) in [7, 11) is 4.14. The molecule has 0 aromatic carbocycles. The van der Waals surface area contributed by atoms with Crippen molar-refractivity contribution in [3.8, 4) is 11.6 Å². The molecule has 0 spiro atoms. The average Bonchev–Trinajstić information content (AvgIpc) is 3.37. The predicted octanol–water partition coefficient (Wildman–Crippen LogP) is 4.85. The van der Waals surface area contributed by atoms with Crippen molar-refractivity contribution in [2.45, 2.75) is 38.3 Å². The van der Waals surface area contributed by atoms with E-state index in [1.165, 1.54) is 6.20 Å². The molecule has 0 radical (unpaired) electrons. The molecular formula is C32H35Cl2N7O4. The minimum absolute atomic E-state index is 0.109. The van der Waals surface area contributed by atoms with Crippen molar-refractivity contribution in [1.82, 2.24) is 24.4 Å². The number of carbonyl (C=O) groups excluding carboxylic acids is 1. The van der Waals surface area contributed by atoms with Gasteiger partial charge in [0.1, 0.15) is 28.8 Å². The van der Waals surface area contributed by atoms with Crippen LogP contribution in [0.3, 0.4) is 0 Å². The fraction of sp³-hybridized carbons (Fsp3) is 0.406. The highest BCUT2D eigenvalue weighted by Crippen LogP contribution is 2.39. The molecular weight excluding hydrogens is 617 g/mol. The van der Waals surface area contributed by atoms with E-state index in [1.807, 2.05) is 12.1 Å². The monoisotopic (exact) mass is 651 g/mol. The van der Waals surface area contributed by atoms with Gasteiger partial charge in [-0.1, -0.05) is 23.2 Å². The van der Waals surface area contributed by atoms with E-state index in [2.05, 4.69) is 40.7 Å². The van der Waals surface area contributed by atoms with Crippen molar-refractivity contribution in [3.05, 3.63) is 74.8 Å². The Morgan fingerprint density at radius 1 is 1.16 bits per heavy atom. The molecule has 0 aliphatic carbocycles. The number of carbonyl (C=O) groups is 1. The lowest BCUT2D eigenvalue weighted by atomic mass is 10.00. The van der Waals surface area contributed by atoms with E-state index < -0.39 is 16.9 Å². The Bertz CT molecular complexity index is 1790. The normalized spacial score (nSPS) is 18.5. The summed E-state index contributed by atoms with van der Waals surface area (Å²) in [5.74, 6) is 1.01. The van der Waals surface area contributed by atoms with Crippen molar-refractivity contribution in [2.24, 2.45) is 0 Å². The summed E-state index contributed by atoms with van der Waals surface area (Å²) in [5, 5.41) is 0.922. The maximum absolute atomic E-state index is 13.6. The number of hydrogen-bond donors (Lipinski definition) is 0. The van der Waals surface area contributed by atoms with Gasteiger partial charge < -0.3 is 24.2 Å². The summed E-state index contributed by atoms with van der Waals surface area (Å²) in [6.45, 7) is 6.66. The summed E-state index contributed by atoms with van der Waals surface area (Å²) in [6, 6.07) is 9.39. The number of anilines is 2. The van der Waals surface area contributed by atoms with Gasteiger partial charge in [0.25, 0.3) is 0 Å². The first-order valence-corrected chi connectivity index (χ1v) is 15.7. The zero-order valence-electron chi connectivity index (χ0n) is 25.7. The molecule has 4 aromatic heterocycles. The Morgan fingerprint density at radius 3 is 2.64 bits per heavy atom. The van der Waals surface area contributed by atoms with Gasteiger partial charge in [0.05, 0.1) is 34.4 Å². The summed E-state index contributed by atoms with van der Waals surface area (Å²) >= 11 is 13.2. The van der Waals surface area contributed by atoms with Crippen molar-refractivity contribution in [3.63, 3.8) is 0 Å². The molecule has 2 saturated heterocycles. The van der Waals surface area contributed by atoms with Gasteiger partial charge in [-0.3, -0.25) is 9.36 Å². The van der Waals surface area contributed by atoms with Crippen LogP contribution in [0.25, 0.3) is 16.7 Å². The number of aromatic nitrogens is 4. The third kappa shape index (κ3) is 5.92. The standard InChI is InChI=1S/C32H35Cl2N7O4/c1-5-44-31(43)23-18-40(20-9-10-26(36-15-20)39-16-21(17-39)38(3)4)28-22(27(23)42)14-25(34)29(37-28)41-13-7-11-32(41,2)19-45-30-24(33)8-6-12-35-30/h6,8-10,12,14-15,18,21H,5,7,11,13,16-17,19H2,1-4H3/t32-/m1/s1. The number of rotatable bonds is 9. The molecule has 6 rings (SSSR count). The zero-order valence-corrected chi connectivity index (χ0v) is 27.2. The van der Waals surface area contributed by atoms with E-state index >= 15 is 0 Å².